The Hall–Kier alpha value is -1.00. The Labute approximate surface area is 114 Å². The number of benzene rings is 1. The molecule has 0 saturated carbocycles. The fourth-order valence-electron chi connectivity index (χ4n) is 1.59. The van der Waals surface area contributed by atoms with Crippen molar-refractivity contribution in [2.75, 3.05) is 5.32 Å². The second-order valence-corrected chi connectivity index (χ2v) is 6.17. The van der Waals surface area contributed by atoms with Gasteiger partial charge in [-0.25, -0.2) is 0 Å². The van der Waals surface area contributed by atoms with Crippen molar-refractivity contribution in [2.45, 2.75) is 49.8 Å². The Morgan fingerprint density at radius 2 is 2.06 bits per heavy atom. The third-order valence-electron chi connectivity index (χ3n) is 2.44. The summed E-state index contributed by atoms with van der Waals surface area (Å²) in [4.78, 5) is 13.0. The van der Waals surface area contributed by atoms with Crippen LogP contribution in [0.15, 0.2) is 29.2 Å². The maximum Gasteiger partial charge on any atom is 0.241 e. The smallest absolute Gasteiger partial charge is 0.241 e. The SMILES string of the molecule is CCCC(N)C(=O)Nc1ccccc1SC(C)C. The summed E-state index contributed by atoms with van der Waals surface area (Å²) in [6, 6.07) is 7.41. The number of para-hydroxylation sites is 1. The molecule has 0 radical (unpaired) electrons. The van der Waals surface area contributed by atoms with Gasteiger partial charge in [0.2, 0.25) is 5.91 Å². The predicted molar refractivity (Wildman–Crippen MR) is 78.9 cm³/mol. The van der Waals surface area contributed by atoms with Crippen LogP contribution in [0.1, 0.15) is 33.6 Å². The van der Waals surface area contributed by atoms with Crippen LogP contribution in [0.2, 0.25) is 0 Å². The molecule has 0 aromatic heterocycles. The first kappa shape index (κ1) is 15.1. The Morgan fingerprint density at radius 3 is 2.67 bits per heavy atom. The minimum absolute atomic E-state index is 0.103. The standard InChI is InChI=1S/C14H22N2OS/c1-4-7-11(15)14(17)16-12-8-5-6-9-13(12)18-10(2)3/h5-6,8-11H,4,7,15H2,1-3H3,(H,16,17). The zero-order valence-corrected chi connectivity index (χ0v) is 12.1. The topological polar surface area (TPSA) is 55.1 Å². The van der Waals surface area contributed by atoms with Crippen molar-refractivity contribution >= 4 is 23.4 Å². The van der Waals surface area contributed by atoms with Gasteiger partial charge in [0, 0.05) is 10.1 Å². The first-order valence-corrected chi connectivity index (χ1v) is 7.24. The third-order valence-corrected chi connectivity index (χ3v) is 3.53. The van der Waals surface area contributed by atoms with E-state index in [0.29, 0.717) is 11.7 Å². The van der Waals surface area contributed by atoms with Gasteiger partial charge in [0.25, 0.3) is 0 Å². The molecule has 1 rings (SSSR count). The first-order valence-electron chi connectivity index (χ1n) is 6.36. The largest absolute Gasteiger partial charge is 0.324 e. The van der Waals surface area contributed by atoms with Crippen LogP contribution in [-0.2, 0) is 4.79 Å². The molecule has 0 heterocycles. The van der Waals surface area contributed by atoms with E-state index in [0.717, 1.165) is 17.0 Å². The number of anilines is 1. The highest BCUT2D eigenvalue weighted by atomic mass is 32.2. The molecule has 0 aliphatic rings. The molecule has 0 bridgehead atoms. The van der Waals surface area contributed by atoms with Crippen molar-refractivity contribution in [1.29, 1.82) is 0 Å². The zero-order valence-electron chi connectivity index (χ0n) is 11.3. The van der Waals surface area contributed by atoms with Crippen LogP contribution in [0.3, 0.4) is 0 Å². The van der Waals surface area contributed by atoms with Gasteiger partial charge in [-0.1, -0.05) is 39.3 Å². The summed E-state index contributed by atoms with van der Waals surface area (Å²) in [6.45, 7) is 6.29. The molecule has 100 valence electrons. The van der Waals surface area contributed by atoms with Gasteiger partial charge in [-0.15, -0.1) is 11.8 Å². The Kier molecular flexibility index (Phi) is 6.22. The lowest BCUT2D eigenvalue weighted by Crippen LogP contribution is -2.35. The number of nitrogens with one attached hydrogen (secondary N) is 1. The van der Waals surface area contributed by atoms with E-state index in [-0.39, 0.29) is 5.91 Å². The summed E-state index contributed by atoms with van der Waals surface area (Å²) in [5.41, 5.74) is 6.66. The van der Waals surface area contributed by atoms with E-state index in [1.807, 2.05) is 31.2 Å². The summed E-state index contributed by atoms with van der Waals surface area (Å²) in [5.74, 6) is -0.103. The lowest BCUT2D eigenvalue weighted by molar-refractivity contribution is -0.117. The molecule has 3 nitrogen and oxygen atoms in total. The summed E-state index contributed by atoms with van der Waals surface area (Å²) < 4.78 is 0. The van der Waals surface area contributed by atoms with Gasteiger partial charge in [0.15, 0.2) is 0 Å². The maximum atomic E-state index is 11.9. The molecule has 0 spiro atoms. The van der Waals surface area contributed by atoms with Crippen molar-refractivity contribution in [1.82, 2.24) is 0 Å². The minimum atomic E-state index is -0.424. The van der Waals surface area contributed by atoms with Crippen LogP contribution in [0.4, 0.5) is 5.69 Å². The van der Waals surface area contributed by atoms with Gasteiger partial charge >= 0.3 is 0 Å². The number of carbonyl (C=O) groups excluding carboxylic acids is 1. The normalized spacial score (nSPS) is 12.5. The van der Waals surface area contributed by atoms with Crippen LogP contribution < -0.4 is 11.1 Å². The highest BCUT2D eigenvalue weighted by Gasteiger charge is 2.14. The van der Waals surface area contributed by atoms with Crippen molar-refractivity contribution in [3.63, 3.8) is 0 Å². The van der Waals surface area contributed by atoms with Gasteiger partial charge in [0.1, 0.15) is 0 Å². The lowest BCUT2D eigenvalue weighted by atomic mass is 10.1. The second-order valence-electron chi connectivity index (χ2n) is 4.55. The van der Waals surface area contributed by atoms with Crippen molar-refractivity contribution in [3.05, 3.63) is 24.3 Å². The second kappa shape index (κ2) is 7.44. The molecule has 4 heteroatoms. The van der Waals surface area contributed by atoms with Gasteiger partial charge in [-0.2, -0.15) is 0 Å². The van der Waals surface area contributed by atoms with Gasteiger partial charge in [-0.05, 0) is 18.6 Å². The molecule has 0 aliphatic heterocycles. The number of hydrogen-bond acceptors (Lipinski definition) is 3. The van der Waals surface area contributed by atoms with Crippen LogP contribution in [0.5, 0.6) is 0 Å². The molecule has 1 aromatic carbocycles. The average Bonchev–Trinajstić information content (AvgIpc) is 2.31. The van der Waals surface area contributed by atoms with E-state index in [2.05, 4.69) is 19.2 Å². The number of nitrogens with two attached hydrogens (primary N) is 1. The Morgan fingerprint density at radius 1 is 1.39 bits per heavy atom. The van der Waals surface area contributed by atoms with E-state index in [1.165, 1.54) is 0 Å². The van der Waals surface area contributed by atoms with Gasteiger partial charge in [-0.3, -0.25) is 4.79 Å². The molecule has 1 atom stereocenters. The monoisotopic (exact) mass is 266 g/mol. The molecule has 0 aliphatic carbocycles. The number of carbonyl (C=O) groups is 1. The number of amides is 1. The van der Waals surface area contributed by atoms with E-state index < -0.39 is 6.04 Å². The minimum Gasteiger partial charge on any atom is -0.324 e. The predicted octanol–water partition coefficient (Wildman–Crippen LogP) is 3.25. The molecule has 1 amide bonds. The van der Waals surface area contributed by atoms with Crippen LogP contribution in [-0.4, -0.2) is 17.2 Å². The molecular weight excluding hydrogens is 244 g/mol. The van der Waals surface area contributed by atoms with E-state index >= 15 is 0 Å². The lowest BCUT2D eigenvalue weighted by Gasteiger charge is -2.15. The average molecular weight is 266 g/mol. The Bertz CT molecular complexity index is 393. The van der Waals surface area contributed by atoms with E-state index in [1.54, 1.807) is 11.8 Å². The van der Waals surface area contributed by atoms with Crippen LogP contribution in [0, 0.1) is 0 Å². The number of hydrogen-bond donors (Lipinski definition) is 2. The van der Waals surface area contributed by atoms with Gasteiger partial charge in [0.05, 0.1) is 11.7 Å². The summed E-state index contributed by atoms with van der Waals surface area (Å²) in [5, 5.41) is 3.39. The molecule has 1 unspecified atom stereocenters. The highest BCUT2D eigenvalue weighted by molar-refractivity contribution is 8.00. The zero-order chi connectivity index (χ0) is 13.5. The van der Waals surface area contributed by atoms with Crippen molar-refractivity contribution in [2.24, 2.45) is 5.73 Å². The number of thioether (sulfide) groups is 1. The van der Waals surface area contributed by atoms with E-state index in [4.69, 9.17) is 5.73 Å². The van der Waals surface area contributed by atoms with E-state index in [9.17, 15) is 4.79 Å². The highest BCUT2D eigenvalue weighted by Crippen LogP contribution is 2.30. The van der Waals surface area contributed by atoms with Crippen LogP contribution in [0.25, 0.3) is 0 Å². The summed E-state index contributed by atoms with van der Waals surface area (Å²) in [6.07, 6.45) is 1.63. The molecule has 1 aromatic rings. The van der Waals surface area contributed by atoms with Crippen LogP contribution >= 0.6 is 11.8 Å². The van der Waals surface area contributed by atoms with Crippen molar-refractivity contribution < 1.29 is 4.79 Å². The van der Waals surface area contributed by atoms with Gasteiger partial charge < -0.3 is 11.1 Å². The van der Waals surface area contributed by atoms with Crippen molar-refractivity contribution in [3.8, 4) is 0 Å². The Balaban J connectivity index is 2.74. The molecule has 18 heavy (non-hydrogen) atoms. The molecule has 0 fully saturated rings. The first-order chi connectivity index (χ1) is 8.54. The number of rotatable bonds is 6. The fraction of sp³-hybridized carbons (Fsp3) is 0.500. The molecule has 3 N–H and O–H groups in total. The summed E-state index contributed by atoms with van der Waals surface area (Å²) >= 11 is 1.74. The summed E-state index contributed by atoms with van der Waals surface area (Å²) in [7, 11) is 0. The quantitative estimate of drug-likeness (QED) is 0.777. The third kappa shape index (κ3) is 4.70. The fourth-order valence-corrected chi connectivity index (χ4v) is 2.51. The molecular formula is C14H22N2OS. The maximum absolute atomic E-state index is 11.9. The molecule has 0 saturated heterocycles.